The minimum absolute atomic E-state index is 1.15. The number of hydrogen-bond acceptors (Lipinski definition) is 1. The van der Waals surface area contributed by atoms with E-state index in [4.69, 9.17) is 0 Å². The zero-order chi connectivity index (χ0) is 8.27. The van der Waals surface area contributed by atoms with E-state index >= 15 is 0 Å². The Hall–Kier alpha value is -0.820. The molecular formula is C10H12S. The predicted octanol–water partition coefficient (Wildman–Crippen LogP) is 1.82. The Morgan fingerprint density at radius 1 is 1.55 bits per heavy atom. The Balaban J connectivity index is 3.23. The number of thiophene rings is 1. The molecule has 0 unspecified atom stereocenters. The van der Waals surface area contributed by atoms with Gasteiger partial charge in [0, 0.05) is 9.41 Å². The van der Waals surface area contributed by atoms with Gasteiger partial charge in [-0.2, -0.15) is 0 Å². The van der Waals surface area contributed by atoms with Crippen LogP contribution in [0.5, 0.6) is 0 Å². The first-order valence-electron chi connectivity index (χ1n) is 3.62. The molecule has 0 saturated heterocycles. The van der Waals surface area contributed by atoms with Crippen molar-refractivity contribution in [1.29, 1.82) is 0 Å². The Bertz CT molecular complexity index is 355. The molecule has 0 radical (unpaired) electrons. The highest BCUT2D eigenvalue weighted by Gasteiger charge is 1.86. The molecule has 58 valence electrons. The summed E-state index contributed by atoms with van der Waals surface area (Å²) in [6.45, 7) is 8.06. The molecule has 1 aromatic rings. The standard InChI is InChI=1S/C10H12S/c1-4-5-6-10-7-8(2)11-9(10)3/h4-7H,3H2,1-2H3/b5-4-,10-6-. The van der Waals surface area contributed by atoms with Crippen LogP contribution in [0.2, 0.25) is 0 Å². The molecule has 0 atom stereocenters. The molecule has 11 heavy (non-hydrogen) atoms. The van der Waals surface area contributed by atoms with E-state index in [2.05, 4.69) is 25.6 Å². The van der Waals surface area contributed by atoms with Crippen molar-refractivity contribution in [1.82, 2.24) is 0 Å². The number of hydrogen-bond donors (Lipinski definition) is 0. The third-order valence-corrected chi connectivity index (χ3v) is 2.36. The molecule has 0 aliphatic heterocycles. The molecule has 1 heterocycles. The molecule has 0 aromatic carbocycles. The second kappa shape index (κ2) is 3.54. The molecule has 1 aromatic heterocycles. The lowest BCUT2D eigenvalue weighted by Crippen LogP contribution is -2.14. The lowest BCUT2D eigenvalue weighted by Gasteiger charge is -1.71. The zero-order valence-electron chi connectivity index (χ0n) is 6.92. The van der Waals surface area contributed by atoms with E-state index in [1.165, 1.54) is 10.1 Å². The summed E-state index contributed by atoms with van der Waals surface area (Å²) in [7, 11) is 0. The van der Waals surface area contributed by atoms with Crippen LogP contribution in [0.15, 0.2) is 18.2 Å². The zero-order valence-corrected chi connectivity index (χ0v) is 7.74. The quantitative estimate of drug-likeness (QED) is 0.594. The smallest absolute Gasteiger partial charge is 0.0273 e. The van der Waals surface area contributed by atoms with Crippen molar-refractivity contribution in [3.05, 3.63) is 32.8 Å². The number of rotatable bonds is 1. The lowest BCUT2D eigenvalue weighted by atomic mass is 10.3. The van der Waals surface area contributed by atoms with Crippen molar-refractivity contribution < 1.29 is 0 Å². The minimum atomic E-state index is 1.15. The Kier molecular flexibility index (Phi) is 2.66. The van der Waals surface area contributed by atoms with Gasteiger partial charge in [0.25, 0.3) is 0 Å². The van der Waals surface area contributed by atoms with Gasteiger partial charge in [-0.3, -0.25) is 0 Å². The second-order valence-corrected chi connectivity index (χ2v) is 3.77. The Labute approximate surface area is 71.2 Å². The summed E-state index contributed by atoms with van der Waals surface area (Å²) in [5.74, 6) is 0. The van der Waals surface area contributed by atoms with Crippen molar-refractivity contribution in [2.75, 3.05) is 0 Å². The van der Waals surface area contributed by atoms with Crippen LogP contribution < -0.4 is 9.75 Å². The average molecular weight is 164 g/mol. The van der Waals surface area contributed by atoms with Crippen LogP contribution in [-0.2, 0) is 0 Å². The molecule has 1 rings (SSSR count). The molecule has 0 aliphatic carbocycles. The van der Waals surface area contributed by atoms with E-state index in [0.29, 0.717) is 0 Å². The molecule has 0 N–H and O–H groups in total. The van der Waals surface area contributed by atoms with E-state index < -0.39 is 0 Å². The molecule has 1 heteroatoms. The summed E-state index contributed by atoms with van der Waals surface area (Å²) in [5, 5.41) is 1.24. The summed E-state index contributed by atoms with van der Waals surface area (Å²) in [6.07, 6.45) is 6.15. The van der Waals surface area contributed by atoms with Gasteiger partial charge in [0.1, 0.15) is 0 Å². The van der Waals surface area contributed by atoms with Gasteiger partial charge >= 0.3 is 0 Å². The number of aryl methyl sites for hydroxylation is 1. The average Bonchev–Trinajstić information content (AvgIpc) is 2.26. The summed E-state index contributed by atoms with van der Waals surface area (Å²) in [5.41, 5.74) is 0. The maximum atomic E-state index is 3.95. The third kappa shape index (κ3) is 2.05. The van der Waals surface area contributed by atoms with Crippen molar-refractivity contribution in [2.24, 2.45) is 0 Å². The summed E-state index contributed by atoms with van der Waals surface area (Å²) in [4.78, 5) is 1.32. The van der Waals surface area contributed by atoms with Gasteiger partial charge in [-0.1, -0.05) is 24.8 Å². The fraction of sp³-hybridized carbons (Fsp3) is 0.200. The van der Waals surface area contributed by atoms with E-state index in [9.17, 15) is 0 Å². The SMILES string of the molecule is C=c1sc(C)c/c1=C/C=C\C. The van der Waals surface area contributed by atoms with Crippen molar-refractivity contribution in [3.63, 3.8) is 0 Å². The highest BCUT2D eigenvalue weighted by molar-refractivity contribution is 7.09. The van der Waals surface area contributed by atoms with E-state index in [1.807, 2.05) is 19.1 Å². The van der Waals surface area contributed by atoms with E-state index in [-0.39, 0.29) is 0 Å². The van der Waals surface area contributed by atoms with Gasteiger partial charge in [0.15, 0.2) is 0 Å². The topological polar surface area (TPSA) is 0 Å². The van der Waals surface area contributed by atoms with Gasteiger partial charge < -0.3 is 0 Å². The molecule has 0 aliphatic rings. The van der Waals surface area contributed by atoms with Gasteiger partial charge in [-0.25, -0.2) is 0 Å². The largest absolute Gasteiger partial charge is 0.141 e. The van der Waals surface area contributed by atoms with Crippen molar-refractivity contribution in [2.45, 2.75) is 13.8 Å². The Morgan fingerprint density at radius 3 is 2.73 bits per heavy atom. The predicted molar refractivity (Wildman–Crippen MR) is 53.1 cm³/mol. The maximum Gasteiger partial charge on any atom is 0.0273 e. The summed E-state index contributed by atoms with van der Waals surface area (Å²) in [6, 6.07) is 2.16. The molecule has 0 bridgehead atoms. The van der Waals surface area contributed by atoms with Crippen molar-refractivity contribution >= 4 is 24.0 Å². The van der Waals surface area contributed by atoms with Crippen LogP contribution in [0.3, 0.4) is 0 Å². The third-order valence-electron chi connectivity index (χ3n) is 1.43. The minimum Gasteiger partial charge on any atom is -0.141 e. The highest BCUT2D eigenvalue weighted by atomic mass is 32.1. The normalized spacial score (nSPS) is 13.1. The van der Waals surface area contributed by atoms with E-state index in [0.717, 1.165) is 4.53 Å². The van der Waals surface area contributed by atoms with Gasteiger partial charge in [-0.05, 0) is 25.1 Å². The Morgan fingerprint density at radius 2 is 2.27 bits per heavy atom. The fourth-order valence-corrected chi connectivity index (χ4v) is 1.74. The lowest BCUT2D eigenvalue weighted by molar-refractivity contribution is 1.60. The monoisotopic (exact) mass is 164 g/mol. The fourth-order valence-electron chi connectivity index (χ4n) is 0.923. The summed E-state index contributed by atoms with van der Waals surface area (Å²) < 4.78 is 1.15. The van der Waals surface area contributed by atoms with Crippen LogP contribution in [0, 0.1) is 6.92 Å². The van der Waals surface area contributed by atoms with Crippen molar-refractivity contribution in [3.8, 4) is 0 Å². The molecule has 0 amide bonds. The molecule has 0 fully saturated rings. The first-order chi connectivity index (χ1) is 5.24. The molecular weight excluding hydrogens is 152 g/mol. The van der Waals surface area contributed by atoms with Crippen LogP contribution in [0.4, 0.5) is 0 Å². The maximum absolute atomic E-state index is 3.95. The van der Waals surface area contributed by atoms with E-state index in [1.54, 1.807) is 11.3 Å². The van der Waals surface area contributed by atoms with Crippen LogP contribution in [-0.4, -0.2) is 0 Å². The van der Waals surface area contributed by atoms with Crippen LogP contribution >= 0.6 is 11.3 Å². The molecule has 0 spiro atoms. The van der Waals surface area contributed by atoms with Crippen LogP contribution in [0.25, 0.3) is 12.7 Å². The van der Waals surface area contributed by atoms with Crippen LogP contribution in [0.1, 0.15) is 11.8 Å². The summed E-state index contributed by atoms with van der Waals surface area (Å²) >= 11 is 1.74. The molecule has 0 nitrogen and oxygen atoms in total. The first kappa shape index (κ1) is 8.28. The van der Waals surface area contributed by atoms with Gasteiger partial charge in [-0.15, -0.1) is 11.3 Å². The molecule has 0 saturated carbocycles. The first-order valence-corrected chi connectivity index (χ1v) is 4.44. The second-order valence-electron chi connectivity index (χ2n) is 2.43. The van der Waals surface area contributed by atoms with Gasteiger partial charge in [0.05, 0.1) is 0 Å². The number of allylic oxidation sites excluding steroid dienone is 2. The highest BCUT2D eigenvalue weighted by Crippen LogP contribution is 1.94. The van der Waals surface area contributed by atoms with Gasteiger partial charge in [0.2, 0.25) is 0 Å².